The summed E-state index contributed by atoms with van der Waals surface area (Å²) in [5.74, 6) is 0.487. The molecule has 44 heavy (non-hydrogen) atoms. The van der Waals surface area contributed by atoms with Gasteiger partial charge in [-0.1, -0.05) is 19.9 Å². The summed E-state index contributed by atoms with van der Waals surface area (Å²) < 4.78 is 75.6. The summed E-state index contributed by atoms with van der Waals surface area (Å²) >= 11 is 1.17. The summed E-state index contributed by atoms with van der Waals surface area (Å²) in [6, 6.07) is 4.06. The number of alkyl halides is 3. The second-order valence-electron chi connectivity index (χ2n) is 13.0. The van der Waals surface area contributed by atoms with Crippen molar-refractivity contribution in [3.8, 4) is 11.3 Å². The smallest absolute Gasteiger partial charge is 0.390 e. The van der Waals surface area contributed by atoms with Crippen LogP contribution in [-0.2, 0) is 40.4 Å². The molecular weight excluding hydrogens is 615 g/mol. The molecule has 0 spiro atoms. The molecule has 246 valence electrons. The van der Waals surface area contributed by atoms with Crippen molar-refractivity contribution in [3.63, 3.8) is 0 Å². The number of morpholine rings is 1. The predicted octanol–water partition coefficient (Wildman–Crippen LogP) is 3.79. The Labute approximate surface area is 262 Å². The van der Waals surface area contributed by atoms with Crippen molar-refractivity contribution in [3.05, 3.63) is 35.0 Å². The quantitative estimate of drug-likeness (QED) is 0.386. The van der Waals surface area contributed by atoms with Gasteiger partial charge in [0.15, 0.2) is 0 Å². The Kier molecular flexibility index (Phi) is 10.4. The molecule has 4 heterocycles. The first-order chi connectivity index (χ1) is 20.7. The van der Waals surface area contributed by atoms with Gasteiger partial charge in [-0.3, -0.25) is 9.58 Å². The van der Waals surface area contributed by atoms with Gasteiger partial charge in [0.25, 0.3) is 0 Å². The lowest BCUT2D eigenvalue weighted by molar-refractivity contribution is -0.139. The molecule has 1 aromatic carbocycles. The molecule has 14 heteroatoms. The molecule has 0 amide bonds. The van der Waals surface area contributed by atoms with Gasteiger partial charge in [-0.25, -0.2) is 8.42 Å². The van der Waals surface area contributed by atoms with E-state index >= 15 is 0 Å². The number of β-amino-alcohol motifs (C(OH)–C–C–N with tert-alkyl or cyclic N) is 1. The third-order valence-electron chi connectivity index (χ3n) is 8.73. The molecule has 0 radical (unpaired) electrons. The number of nitrogens with zero attached hydrogens (tertiary/aromatic N) is 5. The Morgan fingerprint density at radius 1 is 1.11 bits per heavy atom. The number of aromatic nitrogens is 2. The molecule has 5 rings (SSSR count). The van der Waals surface area contributed by atoms with Gasteiger partial charge in [0.2, 0.25) is 10.0 Å². The Balaban J connectivity index is 1.43. The number of rotatable bonds is 10. The highest BCUT2D eigenvalue weighted by atomic mass is 32.2. The minimum absolute atomic E-state index is 0.0838. The number of aliphatic hydroxyl groups is 1. The van der Waals surface area contributed by atoms with E-state index < -0.39 is 27.9 Å². The van der Waals surface area contributed by atoms with Crippen molar-refractivity contribution in [2.75, 3.05) is 71.0 Å². The first-order valence-corrected chi connectivity index (χ1v) is 18.1. The molecule has 1 N–H and O–H groups in total. The van der Waals surface area contributed by atoms with Gasteiger partial charge in [0, 0.05) is 79.7 Å². The van der Waals surface area contributed by atoms with Crippen LogP contribution in [0.15, 0.2) is 23.1 Å². The number of sulfonamides is 1. The molecule has 3 aliphatic rings. The third kappa shape index (κ3) is 8.37. The van der Waals surface area contributed by atoms with Crippen molar-refractivity contribution in [1.82, 2.24) is 23.9 Å². The highest BCUT2D eigenvalue weighted by Crippen LogP contribution is 2.40. The molecule has 9 nitrogen and oxygen atoms in total. The first kappa shape index (κ1) is 33.7. The summed E-state index contributed by atoms with van der Waals surface area (Å²) in [4.78, 5) is 4.57. The van der Waals surface area contributed by atoms with Crippen LogP contribution in [0, 0.1) is 5.41 Å². The number of piperidine rings is 1. The average molecular weight is 660 g/mol. The lowest BCUT2D eigenvalue weighted by Crippen LogP contribution is -2.44. The maximum absolute atomic E-state index is 14.0. The van der Waals surface area contributed by atoms with Crippen molar-refractivity contribution in [2.45, 2.75) is 63.4 Å². The van der Waals surface area contributed by atoms with Gasteiger partial charge in [-0.15, -0.1) is 11.8 Å². The molecular formula is C30H44F3N5O4S2. The van der Waals surface area contributed by atoms with E-state index in [9.17, 15) is 26.7 Å². The highest BCUT2D eigenvalue weighted by Gasteiger charge is 2.35. The summed E-state index contributed by atoms with van der Waals surface area (Å²) in [5.41, 5.74) is 1.95. The Morgan fingerprint density at radius 3 is 2.55 bits per heavy atom. The van der Waals surface area contributed by atoms with Crippen LogP contribution >= 0.6 is 11.8 Å². The maximum atomic E-state index is 14.0. The average Bonchev–Trinajstić information content (AvgIpc) is 3.29. The summed E-state index contributed by atoms with van der Waals surface area (Å²) in [6.45, 7) is 10.8. The molecule has 3 aliphatic heterocycles. The number of halogens is 3. The molecule has 0 saturated carbocycles. The zero-order valence-electron chi connectivity index (χ0n) is 25.8. The van der Waals surface area contributed by atoms with Crippen LogP contribution < -0.4 is 0 Å². The number of ether oxygens (including phenoxy) is 1. The number of benzene rings is 1. The second-order valence-corrected chi connectivity index (χ2v) is 16.1. The first-order valence-electron chi connectivity index (χ1n) is 15.3. The summed E-state index contributed by atoms with van der Waals surface area (Å²) in [6.07, 6.45) is -1.43. The minimum atomic E-state index is -4.52. The number of likely N-dealkylation sites (tertiary alicyclic amines) is 1. The second kappa shape index (κ2) is 13.6. The van der Waals surface area contributed by atoms with Crippen molar-refractivity contribution < 1.29 is 31.4 Å². The van der Waals surface area contributed by atoms with Crippen LogP contribution in [0.3, 0.4) is 0 Å². The summed E-state index contributed by atoms with van der Waals surface area (Å²) in [7, 11) is -3.49. The monoisotopic (exact) mass is 659 g/mol. The lowest BCUT2D eigenvalue weighted by Gasteiger charge is -2.38. The standard InChI is InChI=1S/C30H44F3N5O4S2/c1-29(2)8-4-9-36(21-29)18-23(39)19-38-26-7-10-37(44(3,40)41)20-24(26)28(34-38)22-5-6-25(30(31,32)33)27(17-22)43-16-13-35-11-14-42-15-12-35/h5-6,17,23,39H,4,7-16,18-21H2,1-3H3. The van der Waals surface area contributed by atoms with Crippen LogP contribution in [0.1, 0.15) is 43.5 Å². The van der Waals surface area contributed by atoms with E-state index in [4.69, 9.17) is 9.84 Å². The van der Waals surface area contributed by atoms with Crippen molar-refractivity contribution in [2.24, 2.45) is 5.41 Å². The molecule has 0 aliphatic carbocycles. The fraction of sp³-hybridized carbons (Fsp3) is 0.700. The highest BCUT2D eigenvalue weighted by molar-refractivity contribution is 7.99. The predicted molar refractivity (Wildman–Crippen MR) is 165 cm³/mol. The van der Waals surface area contributed by atoms with Gasteiger partial charge < -0.3 is 14.7 Å². The molecule has 0 bridgehead atoms. The van der Waals surface area contributed by atoms with Crippen molar-refractivity contribution >= 4 is 21.8 Å². The topological polar surface area (TPSA) is 91.1 Å². The summed E-state index contributed by atoms with van der Waals surface area (Å²) in [5, 5.41) is 15.9. The molecule has 1 unspecified atom stereocenters. The number of thioether (sulfide) groups is 1. The lowest BCUT2D eigenvalue weighted by atomic mass is 9.84. The Morgan fingerprint density at radius 2 is 1.86 bits per heavy atom. The normalized spacial score (nSPS) is 21.3. The number of aliphatic hydroxyl groups excluding tert-OH is 1. The molecule has 1 atom stereocenters. The fourth-order valence-electron chi connectivity index (χ4n) is 6.52. The zero-order chi connectivity index (χ0) is 31.7. The van der Waals surface area contributed by atoms with E-state index in [0.717, 1.165) is 57.0 Å². The van der Waals surface area contributed by atoms with Gasteiger partial charge in [-0.2, -0.15) is 22.6 Å². The van der Waals surface area contributed by atoms with Crippen molar-refractivity contribution in [1.29, 1.82) is 0 Å². The van der Waals surface area contributed by atoms with Crippen LogP contribution in [-0.4, -0.2) is 115 Å². The van der Waals surface area contributed by atoms with E-state index in [-0.39, 0.29) is 29.9 Å². The number of hydrogen-bond donors (Lipinski definition) is 1. The fourth-order valence-corrected chi connectivity index (χ4v) is 8.43. The Hall–Kier alpha value is -1.68. The Bertz CT molecular complexity index is 1410. The van der Waals surface area contributed by atoms with Crippen LogP contribution in [0.4, 0.5) is 13.2 Å². The van der Waals surface area contributed by atoms with Gasteiger partial charge >= 0.3 is 6.18 Å². The van der Waals surface area contributed by atoms with Crippen LogP contribution in [0.25, 0.3) is 11.3 Å². The van der Waals surface area contributed by atoms with E-state index in [1.54, 1.807) is 4.68 Å². The number of hydrogen-bond acceptors (Lipinski definition) is 8. The molecule has 2 saturated heterocycles. The van der Waals surface area contributed by atoms with E-state index in [1.807, 2.05) is 0 Å². The van der Waals surface area contributed by atoms with Gasteiger partial charge in [-0.05, 0) is 36.9 Å². The van der Waals surface area contributed by atoms with E-state index in [2.05, 4.69) is 23.6 Å². The molecule has 2 aromatic rings. The number of fused-ring (bicyclic) bond motifs is 1. The molecule has 2 fully saturated rings. The largest absolute Gasteiger partial charge is 0.417 e. The van der Waals surface area contributed by atoms with Gasteiger partial charge in [0.05, 0.1) is 43.4 Å². The SMILES string of the molecule is CC1(C)CCCN(CC(O)Cn2nc(-c3ccc(C(F)(F)F)c(SCCN4CCOCC4)c3)c3c2CCN(S(C)(=O)=O)C3)C1. The van der Waals surface area contributed by atoms with E-state index in [0.29, 0.717) is 55.3 Å². The minimum Gasteiger partial charge on any atom is -0.390 e. The third-order valence-corrected chi connectivity index (χ3v) is 11.0. The van der Waals surface area contributed by atoms with Gasteiger partial charge in [0.1, 0.15) is 0 Å². The maximum Gasteiger partial charge on any atom is 0.417 e. The zero-order valence-corrected chi connectivity index (χ0v) is 27.4. The molecule has 1 aromatic heterocycles. The van der Waals surface area contributed by atoms with E-state index in [1.165, 1.54) is 28.2 Å². The van der Waals surface area contributed by atoms with Crippen LogP contribution in [0.5, 0.6) is 0 Å². The van der Waals surface area contributed by atoms with Crippen LogP contribution in [0.2, 0.25) is 0 Å².